The lowest BCUT2D eigenvalue weighted by Crippen LogP contribution is -2.47. The molecular formula is C15H16O5. The zero-order valence-electron chi connectivity index (χ0n) is 11.2. The molecule has 0 amide bonds. The molecular weight excluding hydrogens is 260 g/mol. The largest absolute Gasteiger partial charge is 0.481 e. The molecule has 1 N–H and O–H groups in total. The van der Waals surface area contributed by atoms with Crippen LogP contribution in [0.3, 0.4) is 0 Å². The Bertz CT molecular complexity index is 567. The standard InChI is InChI=1S/C15H16O5/c1-19-12-8-9(13(16)17)6-7-15(12)11-5-3-2-4-10(11)14(18)20-15/h2-5,9,12H,6-8H2,1H3,(H,16,17). The van der Waals surface area contributed by atoms with Crippen molar-refractivity contribution in [3.8, 4) is 0 Å². The maximum Gasteiger partial charge on any atom is 0.339 e. The molecule has 3 unspecified atom stereocenters. The Labute approximate surface area is 116 Å². The molecule has 0 saturated heterocycles. The van der Waals surface area contributed by atoms with Gasteiger partial charge in [0.2, 0.25) is 0 Å². The van der Waals surface area contributed by atoms with Crippen molar-refractivity contribution >= 4 is 11.9 Å². The molecule has 5 nitrogen and oxygen atoms in total. The molecule has 3 rings (SSSR count). The summed E-state index contributed by atoms with van der Waals surface area (Å²) in [5.74, 6) is -1.62. The van der Waals surface area contributed by atoms with Crippen LogP contribution in [-0.2, 0) is 19.9 Å². The molecule has 0 bridgehead atoms. The first-order chi connectivity index (χ1) is 9.58. The average molecular weight is 276 g/mol. The smallest absolute Gasteiger partial charge is 0.339 e. The minimum Gasteiger partial charge on any atom is -0.481 e. The van der Waals surface area contributed by atoms with Crippen molar-refractivity contribution in [1.29, 1.82) is 0 Å². The zero-order valence-corrected chi connectivity index (χ0v) is 11.2. The van der Waals surface area contributed by atoms with Gasteiger partial charge in [-0.25, -0.2) is 4.79 Å². The van der Waals surface area contributed by atoms with Crippen molar-refractivity contribution in [1.82, 2.24) is 0 Å². The van der Waals surface area contributed by atoms with Crippen LogP contribution in [0.5, 0.6) is 0 Å². The highest BCUT2D eigenvalue weighted by atomic mass is 16.6. The minimum atomic E-state index is -0.825. The molecule has 20 heavy (non-hydrogen) atoms. The van der Waals surface area contributed by atoms with Gasteiger partial charge in [-0.2, -0.15) is 0 Å². The first-order valence-electron chi connectivity index (χ1n) is 6.67. The quantitative estimate of drug-likeness (QED) is 0.836. The van der Waals surface area contributed by atoms with E-state index in [2.05, 4.69) is 0 Å². The van der Waals surface area contributed by atoms with Gasteiger partial charge in [0.15, 0.2) is 5.60 Å². The molecule has 106 valence electrons. The van der Waals surface area contributed by atoms with Crippen molar-refractivity contribution in [2.45, 2.75) is 31.0 Å². The van der Waals surface area contributed by atoms with E-state index in [9.17, 15) is 9.59 Å². The number of aliphatic carboxylic acids is 1. The highest BCUT2D eigenvalue weighted by Crippen LogP contribution is 2.49. The van der Waals surface area contributed by atoms with E-state index in [1.54, 1.807) is 12.1 Å². The van der Waals surface area contributed by atoms with Crippen molar-refractivity contribution in [2.75, 3.05) is 7.11 Å². The first-order valence-corrected chi connectivity index (χ1v) is 6.67. The van der Waals surface area contributed by atoms with E-state index < -0.39 is 23.6 Å². The summed E-state index contributed by atoms with van der Waals surface area (Å²) in [5, 5.41) is 9.17. The van der Waals surface area contributed by atoms with E-state index in [-0.39, 0.29) is 5.97 Å². The summed E-state index contributed by atoms with van der Waals surface area (Å²) in [6.45, 7) is 0. The minimum absolute atomic E-state index is 0.351. The fourth-order valence-corrected chi connectivity index (χ4v) is 3.36. The first kappa shape index (κ1) is 13.1. The van der Waals surface area contributed by atoms with Crippen LogP contribution in [0, 0.1) is 5.92 Å². The Morgan fingerprint density at radius 3 is 2.90 bits per heavy atom. The molecule has 1 aromatic carbocycles. The van der Waals surface area contributed by atoms with Gasteiger partial charge in [0.05, 0.1) is 11.5 Å². The van der Waals surface area contributed by atoms with Gasteiger partial charge >= 0.3 is 11.9 Å². The maximum atomic E-state index is 12.0. The van der Waals surface area contributed by atoms with Crippen molar-refractivity contribution in [2.24, 2.45) is 5.92 Å². The molecule has 2 aliphatic rings. The molecule has 1 saturated carbocycles. The predicted molar refractivity (Wildman–Crippen MR) is 69.3 cm³/mol. The molecule has 1 fully saturated rings. The van der Waals surface area contributed by atoms with Gasteiger partial charge in [0.1, 0.15) is 6.10 Å². The summed E-state index contributed by atoms with van der Waals surface area (Å²) in [4.78, 5) is 23.2. The third-order valence-electron chi connectivity index (χ3n) is 4.39. The molecule has 3 atom stereocenters. The summed E-state index contributed by atoms with van der Waals surface area (Å²) in [7, 11) is 1.53. The van der Waals surface area contributed by atoms with Crippen LogP contribution >= 0.6 is 0 Å². The molecule has 1 aliphatic carbocycles. The SMILES string of the molecule is COC1CC(C(=O)O)CCC12OC(=O)c1ccccc12. The summed E-state index contributed by atoms with van der Waals surface area (Å²) in [6.07, 6.45) is 0.889. The van der Waals surface area contributed by atoms with E-state index in [0.717, 1.165) is 5.56 Å². The predicted octanol–water partition coefficient (Wildman–Crippen LogP) is 1.95. The van der Waals surface area contributed by atoms with Gasteiger partial charge in [-0.1, -0.05) is 18.2 Å². The summed E-state index contributed by atoms with van der Waals surface area (Å²) in [5.41, 5.74) is 0.554. The molecule has 1 heterocycles. The number of methoxy groups -OCH3 is 1. The number of esters is 1. The lowest BCUT2D eigenvalue weighted by molar-refractivity contribution is -0.157. The second-order valence-electron chi connectivity index (χ2n) is 5.36. The Balaban J connectivity index is 2.01. The number of ether oxygens (including phenoxy) is 2. The van der Waals surface area contributed by atoms with E-state index in [0.29, 0.717) is 24.8 Å². The van der Waals surface area contributed by atoms with Gasteiger partial charge in [-0.15, -0.1) is 0 Å². The van der Waals surface area contributed by atoms with Gasteiger partial charge in [0.25, 0.3) is 0 Å². The molecule has 0 radical (unpaired) electrons. The summed E-state index contributed by atoms with van der Waals surface area (Å²) < 4.78 is 11.1. The van der Waals surface area contributed by atoms with Crippen LogP contribution < -0.4 is 0 Å². The Hall–Kier alpha value is -1.88. The van der Waals surface area contributed by atoms with Crippen molar-refractivity contribution in [3.05, 3.63) is 35.4 Å². The number of carbonyl (C=O) groups excluding carboxylic acids is 1. The summed E-state index contributed by atoms with van der Waals surface area (Å²) >= 11 is 0. The lowest BCUT2D eigenvalue weighted by Gasteiger charge is -2.41. The second-order valence-corrected chi connectivity index (χ2v) is 5.36. The molecule has 5 heteroatoms. The number of rotatable bonds is 2. The van der Waals surface area contributed by atoms with Gasteiger partial charge in [-0.3, -0.25) is 4.79 Å². The Kier molecular flexibility index (Phi) is 3.01. The molecule has 1 spiro atoms. The second kappa shape index (κ2) is 4.59. The van der Waals surface area contributed by atoms with Gasteiger partial charge in [-0.05, 0) is 25.3 Å². The number of fused-ring (bicyclic) bond motifs is 2. The van der Waals surface area contributed by atoms with E-state index in [1.807, 2.05) is 12.1 Å². The van der Waals surface area contributed by atoms with Gasteiger partial charge < -0.3 is 14.6 Å². The highest BCUT2D eigenvalue weighted by Gasteiger charge is 2.54. The van der Waals surface area contributed by atoms with Crippen LogP contribution in [0.4, 0.5) is 0 Å². The van der Waals surface area contributed by atoms with Crippen molar-refractivity contribution in [3.63, 3.8) is 0 Å². The van der Waals surface area contributed by atoms with E-state index in [4.69, 9.17) is 14.6 Å². The van der Waals surface area contributed by atoms with Crippen LogP contribution in [0.15, 0.2) is 24.3 Å². The van der Waals surface area contributed by atoms with E-state index in [1.165, 1.54) is 7.11 Å². The monoisotopic (exact) mass is 276 g/mol. The number of hydrogen-bond acceptors (Lipinski definition) is 4. The van der Waals surface area contributed by atoms with E-state index >= 15 is 0 Å². The third-order valence-corrected chi connectivity index (χ3v) is 4.39. The number of benzene rings is 1. The molecule has 0 aromatic heterocycles. The number of carbonyl (C=O) groups is 2. The fraction of sp³-hybridized carbons (Fsp3) is 0.467. The number of hydrogen-bond donors (Lipinski definition) is 1. The lowest BCUT2D eigenvalue weighted by atomic mass is 9.73. The highest BCUT2D eigenvalue weighted by molar-refractivity contribution is 5.95. The van der Waals surface area contributed by atoms with Crippen molar-refractivity contribution < 1.29 is 24.2 Å². The normalized spacial score (nSPS) is 31.9. The third kappa shape index (κ3) is 1.73. The fourth-order valence-electron chi connectivity index (χ4n) is 3.36. The van der Waals surface area contributed by atoms with Gasteiger partial charge in [0, 0.05) is 12.7 Å². The topological polar surface area (TPSA) is 72.8 Å². The Morgan fingerprint density at radius 2 is 2.20 bits per heavy atom. The van der Waals surface area contributed by atoms with Crippen LogP contribution in [0.2, 0.25) is 0 Å². The number of carboxylic acid groups (broad SMARTS) is 1. The average Bonchev–Trinajstić information content (AvgIpc) is 2.73. The zero-order chi connectivity index (χ0) is 14.3. The molecule has 1 aromatic rings. The maximum absolute atomic E-state index is 12.0. The Morgan fingerprint density at radius 1 is 1.45 bits per heavy atom. The number of carboxylic acids is 1. The van der Waals surface area contributed by atoms with Crippen LogP contribution in [0.1, 0.15) is 35.2 Å². The van der Waals surface area contributed by atoms with Crippen LogP contribution in [-0.4, -0.2) is 30.3 Å². The summed E-state index contributed by atoms with van der Waals surface area (Å²) in [6, 6.07) is 7.26. The molecule has 1 aliphatic heterocycles. The van der Waals surface area contributed by atoms with Crippen LogP contribution in [0.25, 0.3) is 0 Å².